The Hall–Kier alpha value is -1.45. The number of carbonyl (C=O) groups is 1. The molecule has 21 heavy (non-hydrogen) atoms. The van der Waals surface area contributed by atoms with Gasteiger partial charge in [0.25, 0.3) is 0 Å². The maximum atomic E-state index is 12.1. The summed E-state index contributed by atoms with van der Waals surface area (Å²) >= 11 is 2.87. The molecule has 3 nitrogen and oxygen atoms in total. The third-order valence-corrected chi connectivity index (χ3v) is 2.41. The Balaban J connectivity index is 3.22. The van der Waals surface area contributed by atoms with Gasteiger partial charge in [-0.25, -0.2) is 0 Å². The third kappa shape index (κ3) is 6.23. The zero-order valence-corrected chi connectivity index (χ0v) is 11.8. The zero-order chi connectivity index (χ0) is 16.4. The molecule has 0 radical (unpaired) electrons. The van der Waals surface area contributed by atoms with Gasteiger partial charge >= 0.3 is 12.7 Å². The van der Waals surface area contributed by atoms with E-state index in [0.29, 0.717) is 18.2 Å². The van der Waals surface area contributed by atoms with Crippen LogP contribution in [-0.2, 0) is 0 Å². The van der Waals surface area contributed by atoms with Crippen LogP contribution >= 0.6 is 15.9 Å². The topological polar surface area (TPSA) is 35.5 Å². The van der Waals surface area contributed by atoms with Crippen LogP contribution in [0.2, 0.25) is 0 Å². The first-order valence-electron chi connectivity index (χ1n) is 5.22. The minimum Gasteiger partial charge on any atom is -0.406 e. The average molecular weight is 381 g/mol. The van der Waals surface area contributed by atoms with Gasteiger partial charge in [0, 0.05) is 11.6 Å². The van der Waals surface area contributed by atoms with Crippen LogP contribution in [0.25, 0.3) is 0 Å². The van der Waals surface area contributed by atoms with Crippen molar-refractivity contribution in [2.45, 2.75) is 24.5 Å². The van der Waals surface area contributed by atoms with Gasteiger partial charge in [-0.2, -0.15) is 0 Å². The first kappa shape index (κ1) is 17.6. The van der Waals surface area contributed by atoms with Crippen LogP contribution in [-0.4, -0.2) is 23.3 Å². The van der Waals surface area contributed by atoms with Crippen LogP contribution in [0.15, 0.2) is 18.2 Å². The summed E-state index contributed by atoms with van der Waals surface area (Å²) in [6.07, 6.45) is -10.2. The second-order valence-electron chi connectivity index (χ2n) is 3.77. The van der Waals surface area contributed by atoms with E-state index < -0.39 is 40.4 Å². The van der Waals surface area contributed by atoms with Crippen molar-refractivity contribution < 1.29 is 40.6 Å². The lowest BCUT2D eigenvalue weighted by atomic mass is 10.1. The largest absolute Gasteiger partial charge is 0.573 e. The van der Waals surface area contributed by atoms with Gasteiger partial charge in [-0.15, -0.1) is 26.3 Å². The number of rotatable bonds is 4. The van der Waals surface area contributed by atoms with Crippen molar-refractivity contribution >= 4 is 21.7 Å². The fourth-order valence-electron chi connectivity index (χ4n) is 1.33. The molecule has 1 aromatic carbocycles. The predicted molar refractivity (Wildman–Crippen MR) is 62.5 cm³/mol. The molecule has 0 aliphatic carbocycles. The summed E-state index contributed by atoms with van der Waals surface area (Å²) in [5.41, 5.74) is -0.416. The minimum absolute atomic E-state index is 0.386. The summed E-state index contributed by atoms with van der Waals surface area (Å²) in [6, 6.07) is 1.74. The van der Waals surface area contributed by atoms with Crippen molar-refractivity contribution in [1.82, 2.24) is 0 Å². The molecule has 0 saturated heterocycles. The molecule has 0 bridgehead atoms. The van der Waals surface area contributed by atoms with Crippen LogP contribution in [0.4, 0.5) is 26.3 Å². The lowest BCUT2D eigenvalue weighted by Gasteiger charge is -2.14. The summed E-state index contributed by atoms with van der Waals surface area (Å²) in [6.45, 7) is 1.36. The van der Waals surface area contributed by atoms with Gasteiger partial charge in [0.1, 0.15) is 11.5 Å². The van der Waals surface area contributed by atoms with E-state index in [1.54, 1.807) is 0 Å². The summed E-state index contributed by atoms with van der Waals surface area (Å²) < 4.78 is 79.8. The molecule has 118 valence electrons. The van der Waals surface area contributed by atoms with Crippen molar-refractivity contribution in [2.75, 3.05) is 0 Å². The first-order valence-corrected chi connectivity index (χ1v) is 6.14. The van der Waals surface area contributed by atoms with E-state index in [-0.39, 0.29) is 0 Å². The first-order chi connectivity index (χ1) is 9.37. The minimum atomic E-state index is -5.11. The van der Waals surface area contributed by atoms with Crippen molar-refractivity contribution in [3.63, 3.8) is 0 Å². The van der Waals surface area contributed by atoms with Gasteiger partial charge in [0.15, 0.2) is 5.78 Å². The molecule has 1 atom stereocenters. The number of benzene rings is 1. The highest BCUT2D eigenvalue weighted by atomic mass is 79.9. The van der Waals surface area contributed by atoms with Gasteiger partial charge in [-0.05, 0) is 19.1 Å². The summed E-state index contributed by atoms with van der Waals surface area (Å²) in [5, 5.41) is 0. The van der Waals surface area contributed by atoms with E-state index >= 15 is 0 Å². The van der Waals surface area contributed by atoms with Crippen LogP contribution in [0.5, 0.6) is 11.5 Å². The Morgan fingerprint density at radius 1 is 1.00 bits per heavy atom. The van der Waals surface area contributed by atoms with Crippen molar-refractivity contribution in [1.29, 1.82) is 0 Å². The van der Waals surface area contributed by atoms with Crippen molar-refractivity contribution in [3.05, 3.63) is 23.8 Å². The van der Waals surface area contributed by atoms with Gasteiger partial charge in [0.2, 0.25) is 0 Å². The molecule has 0 amide bonds. The molecule has 0 saturated carbocycles. The molecule has 1 aromatic rings. The van der Waals surface area contributed by atoms with Crippen LogP contribution in [0, 0.1) is 0 Å². The molecule has 1 unspecified atom stereocenters. The monoisotopic (exact) mass is 380 g/mol. The van der Waals surface area contributed by atoms with E-state index in [2.05, 4.69) is 25.4 Å². The number of ether oxygens (including phenoxy) is 2. The van der Waals surface area contributed by atoms with Gasteiger partial charge in [0.05, 0.1) is 4.83 Å². The Labute approximate surface area is 123 Å². The number of carbonyl (C=O) groups excluding carboxylic acids is 1. The normalized spacial score (nSPS) is 13.7. The predicted octanol–water partition coefficient (Wildman–Crippen LogP) is 4.45. The smallest absolute Gasteiger partial charge is 0.406 e. The Morgan fingerprint density at radius 2 is 1.38 bits per heavy atom. The van der Waals surface area contributed by atoms with Gasteiger partial charge in [-0.1, -0.05) is 15.9 Å². The molecule has 0 aromatic heterocycles. The third-order valence-electron chi connectivity index (χ3n) is 1.99. The molecule has 0 aliphatic rings. The average Bonchev–Trinajstić information content (AvgIpc) is 2.22. The molecule has 0 spiro atoms. The van der Waals surface area contributed by atoms with E-state index in [0.717, 1.165) is 0 Å². The maximum absolute atomic E-state index is 12.1. The van der Waals surface area contributed by atoms with E-state index in [4.69, 9.17) is 0 Å². The quantitative estimate of drug-likeness (QED) is 0.439. The molecular formula is C11H7BrF6O3. The molecule has 0 N–H and O–H groups in total. The number of hydrogen-bond donors (Lipinski definition) is 0. The summed E-state index contributed by atoms with van der Waals surface area (Å²) in [4.78, 5) is 10.9. The number of halogens is 7. The zero-order valence-electron chi connectivity index (χ0n) is 10.2. The molecule has 10 heteroatoms. The Morgan fingerprint density at radius 3 is 1.67 bits per heavy atom. The van der Waals surface area contributed by atoms with Gasteiger partial charge < -0.3 is 9.47 Å². The summed E-state index contributed by atoms with van der Waals surface area (Å²) in [5.74, 6) is -2.70. The molecular weight excluding hydrogens is 374 g/mol. The van der Waals surface area contributed by atoms with Crippen molar-refractivity contribution in [3.8, 4) is 11.5 Å². The standard InChI is InChI=1S/C11H7BrF6O3/c1-5(12)9(19)6-2-7(20-10(13,14)15)4-8(3-6)21-11(16,17)18/h2-5H,1H3. The highest BCUT2D eigenvalue weighted by Gasteiger charge is 2.34. The number of alkyl halides is 7. The van der Waals surface area contributed by atoms with Gasteiger partial charge in [-0.3, -0.25) is 4.79 Å². The highest BCUT2D eigenvalue weighted by molar-refractivity contribution is 9.10. The summed E-state index contributed by atoms with van der Waals surface area (Å²) in [7, 11) is 0. The Bertz CT molecular complexity index is 489. The highest BCUT2D eigenvalue weighted by Crippen LogP contribution is 2.32. The molecule has 0 aliphatic heterocycles. The van der Waals surface area contributed by atoms with Crippen LogP contribution in [0.3, 0.4) is 0 Å². The van der Waals surface area contributed by atoms with E-state index in [1.165, 1.54) is 6.92 Å². The second-order valence-corrected chi connectivity index (χ2v) is 5.14. The fourth-order valence-corrected chi connectivity index (χ4v) is 1.59. The Kier molecular flexibility index (Phi) is 5.13. The molecule has 0 heterocycles. The fraction of sp³-hybridized carbons (Fsp3) is 0.364. The molecule has 0 fully saturated rings. The van der Waals surface area contributed by atoms with E-state index in [9.17, 15) is 31.1 Å². The molecule has 1 rings (SSSR count). The lowest BCUT2D eigenvalue weighted by molar-refractivity contribution is -0.276. The number of hydrogen-bond acceptors (Lipinski definition) is 3. The maximum Gasteiger partial charge on any atom is 0.573 e. The second kappa shape index (κ2) is 6.12. The van der Waals surface area contributed by atoms with Crippen LogP contribution < -0.4 is 9.47 Å². The van der Waals surface area contributed by atoms with Crippen molar-refractivity contribution in [2.24, 2.45) is 0 Å². The van der Waals surface area contributed by atoms with Crippen LogP contribution in [0.1, 0.15) is 17.3 Å². The number of Topliss-reactive ketones (excluding diaryl/α,β-unsaturated/α-hetero) is 1. The van der Waals surface area contributed by atoms with E-state index in [1.807, 2.05) is 0 Å². The number of ketones is 1. The lowest BCUT2D eigenvalue weighted by Crippen LogP contribution is -2.20. The SMILES string of the molecule is CC(Br)C(=O)c1cc(OC(F)(F)F)cc(OC(F)(F)F)c1.